The lowest BCUT2D eigenvalue weighted by Gasteiger charge is -2.01. The number of rotatable bonds is 2. The first-order valence-corrected chi connectivity index (χ1v) is 6.15. The normalized spacial score (nSPS) is 15.1. The lowest BCUT2D eigenvalue weighted by molar-refractivity contribution is 0.101. The molecule has 0 saturated heterocycles. The number of ketones is 1. The summed E-state index contributed by atoms with van der Waals surface area (Å²) in [6.45, 7) is 0. The molecular weight excluding hydrogens is 251 g/mol. The highest BCUT2D eigenvalue weighted by atomic mass is 16.5. The van der Waals surface area contributed by atoms with E-state index in [4.69, 9.17) is 17.3 Å². The Balaban J connectivity index is 1.92. The van der Waals surface area contributed by atoms with Crippen LogP contribution in [0.5, 0.6) is 11.5 Å². The predicted molar refractivity (Wildman–Crippen MR) is 77.8 cm³/mol. The predicted octanol–water partition coefficient (Wildman–Crippen LogP) is 2.11. The van der Waals surface area contributed by atoms with Crippen molar-refractivity contribution in [1.29, 1.82) is 0 Å². The molecule has 2 radical (unpaired) electrons. The maximum atomic E-state index is 12.2. The molecule has 0 unspecified atom stereocenters. The van der Waals surface area contributed by atoms with E-state index in [1.165, 1.54) is 0 Å². The third-order valence-electron chi connectivity index (χ3n) is 3.11. The number of Topliss-reactive ketones (excluding diaryl/α,β-unsaturated/α-hetero) is 1. The van der Waals surface area contributed by atoms with Crippen molar-refractivity contribution < 1.29 is 14.3 Å². The Morgan fingerprint density at radius 3 is 2.60 bits per heavy atom. The van der Waals surface area contributed by atoms with E-state index in [9.17, 15) is 4.79 Å². The summed E-state index contributed by atoms with van der Waals surface area (Å²) in [5, 5.41) is 0. The van der Waals surface area contributed by atoms with Gasteiger partial charge in [0.15, 0.2) is 5.76 Å². The van der Waals surface area contributed by atoms with Gasteiger partial charge in [-0.05, 0) is 29.8 Å². The van der Waals surface area contributed by atoms with Crippen LogP contribution in [0.1, 0.15) is 15.9 Å². The Morgan fingerprint density at radius 1 is 1.15 bits per heavy atom. The molecule has 0 fully saturated rings. The minimum Gasteiger partial charge on any atom is -0.497 e. The van der Waals surface area contributed by atoms with E-state index in [0.29, 0.717) is 22.5 Å². The highest BCUT2D eigenvalue weighted by Gasteiger charge is 2.26. The molecule has 1 aliphatic heterocycles. The van der Waals surface area contributed by atoms with Gasteiger partial charge < -0.3 is 9.47 Å². The summed E-state index contributed by atoms with van der Waals surface area (Å²) in [6.07, 6.45) is 1.71. The summed E-state index contributed by atoms with van der Waals surface area (Å²) in [5.41, 5.74) is 1.92. The zero-order valence-corrected chi connectivity index (χ0v) is 10.9. The highest BCUT2D eigenvalue weighted by Crippen LogP contribution is 2.30. The third-order valence-corrected chi connectivity index (χ3v) is 3.11. The number of allylic oxidation sites excluding steroid dienone is 1. The minimum atomic E-state index is -0.150. The smallest absolute Gasteiger partial charge is 0.231 e. The summed E-state index contributed by atoms with van der Waals surface area (Å²) < 4.78 is 10.7. The molecule has 0 bridgehead atoms. The highest BCUT2D eigenvalue weighted by molar-refractivity contribution is 6.33. The van der Waals surface area contributed by atoms with E-state index in [0.717, 1.165) is 11.3 Å². The van der Waals surface area contributed by atoms with E-state index in [-0.39, 0.29) is 5.78 Å². The molecule has 0 saturated carbocycles. The Bertz CT molecular complexity index is 702. The number of hydrogen-bond acceptors (Lipinski definition) is 3. The largest absolute Gasteiger partial charge is 0.497 e. The first-order valence-electron chi connectivity index (χ1n) is 6.15. The van der Waals surface area contributed by atoms with Crippen LogP contribution in [0.3, 0.4) is 0 Å². The second-order valence-corrected chi connectivity index (χ2v) is 4.47. The maximum absolute atomic E-state index is 12.2. The molecule has 0 N–H and O–H groups in total. The average Bonchev–Trinajstić information content (AvgIpc) is 2.76. The van der Waals surface area contributed by atoms with Crippen LogP contribution in [0, 0.1) is 0 Å². The number of fused-ring (bicyclic) bond motifs is 1. The van der Waals surface area contributed by atoms with Crippen molar-refractivity contribution in [3.8, 4) is 11.5 Å². The molecule has 0 aromatic heterocycles. The second kappa shape index (κ2) is 4.89. The van der Waals surface area contributed by atoms with E-state index < -0.39 is 0 Å². The summed E-state index contributed by atoms with van der Waals surface area (Å²) in [6, 6.07) is 12.4. The molecule has 3 nitrogen and oxygen atoms in total. The summed E-state index contributed by atoms with van der Waals surface area (Å²) in [5.74, 6) is 1.46. The summed E-state index contributed by atoms with van der Waals surface area (Å²) in [4.78, 5) is 12.2. The van der Waals surface area contributed by atoms with E-state index >= 15 is 0 Å². The zero-order valence-electron chi connectivity index (χ0n) is 10.9. The molecule has 1 heterocycles. The van der Waals surface area contributed by atoms with Gasteiger partial charge in [-0.15, -0.1) is 0 Å². The Kier molecular flexibility index (Phi) is 3.07. The van der Waals surface area contributed by atoms with Crippen molar-refractivity contribution in [1.82, 2.24) is 0 Å². The summed E-state index contributed by atoms with van der Waals surface area (Å²) in [7, 11) is 7.29. The maximum Gasteiger partial charge on any atom is 0.231 e. The monoisotopic (exact) mass is 262 g/mol. The first kappa shape index (κ1) is 12.5. The molecule has 2 aromatic rings. The molecule has 0 aliphatic carbocycles. The van der Waals surface area contributed by atoms with Gasteiger partial charge in [-0.1, -0.05) is 29.7 Å². The molecule has 20 heavy (non-hydrogen) atoms. The first-order chi connectivity index (χ1) is 9.67. The molecular formula is C16H11BO3. The fourth-order valence-corrected chi connectivity index (χ4v) is 2.06. The number of hydrogen-bond donors (Lipinski definition) is 0. The quantitative estimate of drug-likeness (QED) is 0.614. The molecule has 1 aliphatic rings. The van der Waals surface area contributed by atoms with Crippen molar-refractivity contribution in [2.75, 3.05) is 7.11 Å². The number of carbonyl (C=O) groups is 1. The van der Waals surface area contributed by atoms with Crippen LogP contribution >= 0.6 is 0 Å². The van der Waals surface area contributed by atoms with Crippen molar-refractivity contribution in [3.05, 3.63) is 59.4 Å². The van der Waals surface area contributed by atoms with Gasteiger partial charge in [-0.25, -0.2) is 0 Å². The molecule has 0 spiro atoms. The van der Waals surface area contributed by atoms with Gasteiger partial charge in [0, 0.05) is 0 Å². The van der Waals surface area contributed by atoms with Crippen molar-refractivity contribution in [2.45, 2.75) is 0 Å². The number of ether oxygens (including phenoxy) is 2. The zero-order chi connectivity index (χ0) is 14.1. The van der Waals surface area contributed by atoms with Gasteiger partial charge >= 0.3 is 0 Å². The van der Waals surface area contributed by atoms with E-state index in [1.807, 2.05) is 24.3 Å². The Labute approximate surface area is 118 Å². The van der Waals surface area contributed by atoms with Gasteiger partial charge in [0.25, 0.3) is 0 Å². The van der Waals surface area contributed by atoms with E-state index in [2.05, 4.69) is 0 Å². The fraction of sp³-hybridized carbons (Fsp3) is 0.0625. The topological polar surface area (TPSA) is 35.5 Å². The van der Waals surface area contributed by atoms with Gasteiger partial charge in [-0.2, -0.15) is 0 Å². The van der Waals surface area contributed by atoms with Crippen LogP contribution in [-0.2, 0) is 0 Å². The standard InChI is InChI=1S/C16H11BO3/c1-19-12-5-2-10(3-6-12)8-15-16(18)13-9-11(17)4-7-14(13)20-15/h2-9H,1H3/b15-8-. The van der Waals surface area contributed by atoms with Crippen LogP contribution in [0.4, 0.5) is 0 Å². The molecule has 4 heteroatoms. The van der Waals surface area contributed by atoms with Crippen LogP contribution < -0.4 is 14.9 Å². The second-order valence-electron chi connectivity index (χ2n) is 4.47. The molecule has 3 rings (SSSR count). The van der Waals surface area contributed by atoms with Crippen LogP contribution in [-0.4, -0.2) is 20.7 Å². The molecule has 0 atom stereocenters. The Morgan fingerprint density at radius 2 is 1.90 bits per heavy atom. The number of carbonyl (C=O) groups excluding carboxylic acids is 1. The van der Waals surface area contributed by atoms with E-state index in [1.54, 1.807) is 31.4 Å². The van der Waals surface area contributed by atoms with Crippen molar-refractivity contribution in [3.63, 3.8) is 0 Å². The lowest BCUT2D eigenvalue weighted by atomic mass is 9.93. The van der Waals surface area contributed by atoms with Crippen molar-refractivity contribution >= 4 is 25.2 Å². The lowest BCUT2D eigenvalue weighted by Crippen LogP contribution is -2.04. The third kappa shape index (κ3) is 2.20. The van der Waals surface area contributed by atoms with Gasteiger partial charge in [0.1, 0.15) is 19.3 Å². The number of methoxy groups -OCH3 is 1. The van der Waals surface area contributed by atoms with Crippen molar-refractivity contribution in [2.24, 2.45) is 0 Å². The molecule has 96 valence electrons. The van der Waals surface area contributed by atoms with Crippen LogP contribution in [0.2, 0.25) is 0 Å². The van der Waals surface area contributed by atoms with Gasteiger partial charge in [0.05, 0.1) is 12.7 Å². The fourth-order valence-electron chi connectivity index (χ4n) is 2.06. The Hall–Kier alpha value is -2.49. The average molecular weight is 262 g/mol. The molecule has 0 amide bonds. The van der Waals surface area contributed by atoms with Crippen LogP contribution in [0.25, 0.3) is 6.08 Å². The number of benzene rings is 2. The summed E-state index contributed by atoms with van der Waals surface area (Å²) >= 11 is 0. The van der Waals surface area contributed by atoms with Gasteiger partial charge in [0.2, 0.25) is 5.78 Å². The molecule has 2 aromatic carbocycles. The van der Waals surface area contributed by atoms with Crippen LogP contribution in [0.15, 0.2) is 48.2 Å². The SMILES string of the molecule is [B]c1ccc2c(c1)C(=O)/C(=C/c1ccc(OC)cc1)O2. The minimum absolute atomic E-state index is 0.150. The van der Waals surface area contributed by atoms with Gasteiger partial charge in [-0.3, -0.25) is 4.79 Å².